The van der Waals surface area contributed by atoms with Crippen LogP contribution >= 0.6 is 0 Å². The summed E-state index contributed by atoms with van der Waals surface area (Å²) in [7, 11) is 0. The molecule has 178 valence electrons. The number of hydrogen-bond donors (Lipinski definition) is 1. The molecule has 0 bridgehead atoms. The third kappa shape index (κ3) is 4.99. The normalized spacial score (nSPS) is 15.7. The number of nitrogens with zero attached hydrogens (tertiary/aromatic N) is 1. The van der Waals surface area contributed by atoms with Crippen LogP contribution in [0, 0.1) is 17.5 Å². The van der Waals surface area contributed by atoms with Crippen molar-refractivity contribution in [2.45, 2.75) is 32.0 Å². The summed E-state index contributed by atoms with van der Waals surface area (Å²) < 4.78 is 49.1. The number of halogens is 3. The molecule has 5 rings (SSSR count). The van der Waals surface area contributed by atoms with Gasteiger partial charge in [0, 0.05) is 22.9 Å². The van der Waals surface area contributed by atoms with Gasteiger partial charge < -0.3 is 9.84 Å². The molecule has 2 heterocycles. The number of pyridine rings is 1. The first kappa shape index (κ1) is 23.3. The molecule has 2 unspecified atom stereocenters. The zero-order chi connectivity index (χ0) is 24.5. The fourth-order valence-electron chi connectivity index (χ4n) is 4.16. The Bertz CT molecular complexity index is 1350. The maximum Gasteiger partial charge on any atom is 0.166 e. The third-order valence-corrected chi connectivity index (χ3v) is 6.34. The molecular formula is C29H24F3NO2. The molecule has 35 heavy (non-hydrogen) atoms. The van der Waals surface area contributed by atoms with Crippen molar-refractivity contribution in [1.29, 1.82) is 0 Å². The number of benzene rings is 3. The largest absolute Gasteiger partial charge is 0.387 e. The van der Waals surface area contributed by atoms with E-state index in [-0.39, 0.29) is 17.5 Å². The molecule has 0 saturated carbocycles. The molecule has 1 saturated heterocycles. The van der Waals surface area contributed by atoms with E-state index in [2.05, 4.69) is 4.98 Å². The minimum atomic E-state index is -0.911. The van der Waals surface area contributed by atoms with Gasteiger partial charge in [-0.15, -0.1) is 0 Å². The van der Waals surface area contributed by atoms with Gasteiger partial charge in [-0.1, -0.05) is 54.6 Å². The number of epoxide rings is 1. The summed E-state index contributed by atoms with van der Waals surface area (Å²) in [4.78, 5) is 4.11. The Morgan fingerprint density at radius 1 is 0.886 bits per heavy atom. The van der Waals surface area contributed by atoms with Crippen LogP contribution in [0.3, 0.4) is 0 Å². The van der Waals surface area contributed by atoms with Crippen molar-refractivity contribution in [3.8, 4) is 22.3 Å². The van der Waals surface area contributed by atoms with Crippen LogP contribution in [0.4, 0.5) is 13.2 Å². The van der Waals surface area contributed by atoms with Crippen LogP contribution in [0.2, 0.25) is 0 Å². The van der Waals surface area contributed by atoms with Crippen LogP contribution in [0.25, 0.3) is 22.3 Å². The van der Waals surface area contributed by atoms with Crippen LogP contribution in [-0.4, -0.2) is 16.7 Å². The maximum absolute atomic E-state index is 14.8. The number of aryl methyl sites for hydroxylation is 2. The van der Waals surface area contributed by atoms with Crippen LogP contribution in [0.5, 0.6) is 0 Å². The Hall–Kier alpha value is -3.48. The standard InChI is InChI=1S/C29H24F3NO2/c1-17(34)26-13-10-22(15-33-26)23-11-8-20(28(31)29(23)32)7-4-18-2-5-19(6-3-18)21-9-12-24(25(30)14-21)27-16-35-27/h2-3,5-6,8-15,17,27,34H,4,7,16H2,1H3. The molecule has 0 amide bonds. The summed E-state index contributed by atoms with van der Waals surface area (Å²) >= 11 is 0. The summed E-state index contributed by atoms with van der Waals surface area (Å²) in [6, 6.07) is 19.2. The molecule has 0 aliphatic carbocycles. The van der Waals surface area contributed by atoms with Gasteiger partial charge in [-0.05, 0) is 54.2 Å². The molecular weight excluding hydrogens is 451 g/mol. The molecule has 0 spiro atoms. The predicted molar refractivity (Wildman–Crippen MR) is 128 cm³/mol. The fraction of sp³-hybridized carbons (Fsp3) is 0.207. The molecule has 1 fully saturated rings. The Morgan fingerprint density at radius 2 is 1.60 bits per heavy atom. The van der Waals surface area contributed by atoms with Crippen molar-refractivity contribution in [3.05, 3.63) is 113 Å². The topological polar surface area (TPSA) is 45.6 Å². The van der Waals surface area contributed by atoms with Crippen LogP contribution < -0.4 is 0 Å². The van der Waals surface area contributed by atoms with Gasteiger partial charge in [-0.3, -0.25) is 4.98 Å². The predicted octanol–water partition coefficient (Wildman–Crippen LogP) is 6.74. The number of rotatable bonds is 7. The quantitative estimate of drug-likeness (QED) is 0.301. The van der Waals surface area contributed by atoms with E-state index >= 15 is 0 Å². The Labute approximate surface area is 201 Å². The first-order valence-electron chi connectivity index (χ1n) is 11.5. The lowest BCUT2D eigenvalue weighted by atomic mass is 9.97. The van der Waals surface area contributed by atoms with Crippen molar-refractivity contribution < 1.29 is 23.0 Å². The summed E-state index contributed by atoms with van der Waals surface area (Å²) in [6.07, 6.45) is 1.45. The highest BCUT2D eigenvalue weighted by Gasteiger charge is 2.27. The molecule has 1 aromatic heterocycles. The van der Waals surface area contributed by atoms with Gasteiger partial charge in [0.15, 0.2) is 11.6 Å². The van der Waals surface area contributed by atoms with Crippen LogP contribution in [-0.2, 0) is 17.6 Å². The van der Waals surface area contributed by atoms with E-state index in [0.717, 1.165) is 16.7 Å². The Morgan fingerprint density at radius 3 is 2.23 bits per heavy atom. The van der Waals surface area contributed by atoms with Crippen molar-refractivity contribution in [2.75, 3.05) is 6.61 Å². The first-order chi connectivity index (χ1) is 16.9. The van der Waals surface area contributed by atoms with E-state index in [1.165, 1.54) is 12.3 Å². The molecule has 2 atom stereocenters. The van der Waals surface area contributed by atoms with E-state index in [1.807, 2.05) is 30.3 Å². The molecule has 3 nitrogen and oxygen atoms in total. The number of hydrogen-bond acceptors (Lipinski definition) is 3. The second kappa shape index (κ2) is 9.64. The van der Waals surface area contributed by atoms with Gasteiger partial charge in [0.25, 0.3) is 0 Å². The monoisotopic (exact) mass is 475 g/mol. The SMILES string of the molecule is CC(O)c1ccc(-c2ccc(CCc3ccc(-c4ccc(C5CO5)c(F)c4)cc3)c(F)c2F)cn1. The van der Waals surface area contributed by atoms with E-state index in [9.17, 15) is 18.3 Å². The van der Waals surface area contributed by atoms with Crippen LogP contribution in [0.1, 0.15) is 41.5 Å². The summed E-state index contributed by atoms with van der Waals surface area (Å²) in [5.74, 6) is -2.05. The molecule has 3 aromatic carbocycles. The van der Waals surface area contributed by atoms with E-state index in [0.29, 0.717) is 41.8 Å². The lowest BCUT2D eigenvalue weighted by Gasteiger charge is -2.10. The van der Waals surface area contributed by atoms with E-state index in [1.54, 1.807) is 37.3 Å². The fourth-order valence-corrected chi connectivity index (χ4v) is 4.16. The lowest BCUT2D eigenvalue weighted by Crippen LogP contribution is -2.00. The minimum absolute atomic E-state index is 0.127. The lowest BCUT2D eigenvalue weighted by molar-refractivity contribution is 0.194. The highest BCUT2D eigenvalue weighted by atomic mass is 19.2. The summed E-state index contributed by atoms with van der Waals surface area (Å²) in [6.45, 7) is 2.15. The van der Waals surface area contributed by atoms with Gasteiger partial charge in [0.2, 0.25) is 0 Å². The molecule has 4 aromatic rings. The average Bonchev–Trinajstić information content (AvgIpc) is 3.71. The third-order valence-electron chi connectivity index (χ3n) is 6.34. The van der Waals surface area contributed by atoms with Crippen molar-refractivity contribution in [3.63, 3.8) is 0 Å². The second-order valence-corrected chi connectivity index (χ2v) is 8.80. The van der Waals surface area contributed by atoms with Gasteiger partial charge >= 0.3 is 0 Å². The zero-order valence-electron chi connectivity index (χ0n) is 19.1. The Balaban J connectivity index is 1.27. The highest BCUT2D eigenvalue weighted by molar-refractivity contribution is 5.65. The van der Waals surface area contributed by atoms with Gasteiger partial charge in [-0.25, -0.2) is 13.2 Å². The molecule has 1 aliphatic rings. The van der Waals surface area contributed by atoms with Gasteiger partial charge in [0.1, 0.15) is 11.9 Å². The molecule has 0 radical (unpaired) electrons. The number of aromatic nitrogens is 1. The minimum Gasteiger partial charge on any atom is -0.387 e. The summed E-state index contributed by atoms with van der Waals surface area (Å²) in [5.41, 5.74) is 4.55. The van der Waals surface area contributed by atoms with Gasteiger partial charge in [0.05, 0.1) is 18.4 Å². The maximum atomic E-state index is 14.8. The van der Waals surface area contributed by atoms with E-state index < -0.39 is 17.7 Å². The average molecular weight is 476 g/mol. The zero-order valence-corrected chi connectivity index (χ0v) is 19.1. The first-order valence-corrected chi connectivity index (χ1v) is 11.5. The van der Waals surface area contributed by atoms with Crippen molar-refractivity contribution in [2.24, 2.45) is 0 Å². The van der Waals surface area contributed by atoms with Crippen molar-refractivity contribution in [1.82, 2.24) is 4.98 Å². The summed E-state index contributed by atoms with van der Waals surface area (Å²) in [5, 5.41) is 9.57. The van der Waals surface area contributed by atoms with Crippen LogP contribution in [0.15, 0.2) is 72.9 Å². The Kier molecular flexibility index (Phi) is 6.41. The number of aliphatic hydroxyl groups excluding tert-OH is 1. The molecule has 1 aliphatic heterocycles. The second-order valence-electron chi connectivity index (χ2n) is 8.80. The van der Waals surface area contributed by atoms with Gasteiger partial charge in [-0.2, -0.15) is 0 Å². The number of ether oxygens (including phenoxy) is 1. The number of aliphatic hydroxyl groups is 1. The smallest absolute Gasteiger partial charge is 0.166 e. The molecule has 6 heteroatoms. The van der Waals surface area contributed by atoms with E-state index in [4.69, 9.17) is 4.74 Å². The molecule has 1 N–H and O–H groups in total. The highest BCUT2D eigenvalue weighted by Crippen LogP contribution is 2.34. The van der Waals surface area contributed by atoms with Crippen molar-refractivity contribution >= 4 is 0 Å².